The molecule has 5 heteroatoms. The van der Waals surface area contributed by atoms with Crippen LogP contribution in [0.25, 0.3) is 22.0 Å². The Morgan fingerprint density at radius 2 is 1.74 bits per heavy atom. The van der Waals surface area contributed by atoms with Gasteiger partial charge >= 0.3 is 0 Å². The number of carbonyl (C=O) groups excluding carboxylic acids is 1. The molecule has 2 aromatic carbocycles. The summed E-state index contributed by atoms with van der Waals surface area (Å²) in [5.74, 6) is -1.33. The van der Waals surface area contributed by atoms with Crippen molar-refractivity contribution in [1.82, 2.24) is 4.57 Å². The van der Waals surface area contributed by atoms with Gasteiger partial charge in [0.05, 0.1) is 5.52 Å². The number of aromatic nitrogens is 1. The molecule has 0 bridgehead atoms. The molecule has 0 unspecified atom stereocenters. The molecule has 0 aliphatic rings. The number of nitrogens with zero attached hydrogens (tertiary/aromatic N) is 1. The monoisotopic (exact) mass is 314 g/mol. The summed E-state index contributed by atoms with van der Waals surface area (Å²) >= 11 is 0. The van der Waals surface area contributed by atoms with Crippen LogP contribution in [0.3, 0.4) is 0 Å². The van der Waals surface area contributed by atoms with Gasteiger partial charge in [0, 0.05) is 18.0 Å². The third-order valence-corrected chi connectivity index (χ3v) is 4.22. The first-order chi connectivity index (χ1) is 10.8. The van der Waals surface area contributed by atoms with Crippen molar-refractivity contribution in [3.63, 3.8) is 0 Å². The number of hydrogen-bond acceptors (Lipinski definition) is 1. The number of benzene rings is 2. The minimum Gasteiger partial charge on any atom is -0.364 e. The lowest BCUT2D eigenvalue weighted by Crippen LogP contribution is -2.16. The van der Waals surface area contributed by atoms with Crippen molar-refractivity contribution in [2.75, 3.05) is 0 Å². The number of fused-ring (bicyclic) bond motifs is 1. The van der Waals surface area contributed by atoms with Crippen molar-refractivity contribution in [3.05, 3.63) is 58.8 Å². The van der Waals surface area contributed by atoms with Crippen LogP contribution in [0.5, 0.6) is 0 Å². The lowest BCUT2D eigenvalue weighted by Gasteiger charge is -2.11. The molecule has 3 aromatic rings. The molecule has 3 rings (SSSR count). The number of carbonyl (C=O) groups is 1. The second kappa shape index (κ2) is 5.19. The highest BCUT2D eigenvalue weighted by Crippen LogP contribution is 2.35. The predicted molar refractivity (Wildman–Crippen MR) is 86.3 cm³/mol. The molecule has 3 nitrogen and oxygen atoms in total. The third-order valence-electron chi connectivity index (χ3n) is 4.22. The van der Waals surface area contributed by atoms with E-state index in [4.69, 9.17) is 5.73 Å². The summed E-state index contributed by atoms with van der Waals surface area (Å²) in [5.41, 5.74) is 9.14. The van der Waals surface area contributed by atoms with Crippen LogP contribution in [0.15, 0.2) is 30.3 Å². The summed E-state index contributed by atoms with van der Waals surface area (Å²) in [7, 11) is 1.72. The number of aryl methyl sites for hydroxylation is 3. The standard InChI is InChI=1S/C18H16F2N2O/c1-9-6-11(19)4-5-13(9)15-8-12(20)7-14-10(2)16(18(21)23)22(3)17(14)15/h4-8H,1-3H3,(H2,21,23). The SMILES string of the molecule is Cc1cc(F)ccc1-c1cc(F)cc2c(C)c(C(N)=O)n(C)c12. The fourth-order valence-electron chi connectivity index (χ4n) is 3.22. The molecular weight excluding hydrogens is 298 g/mol. The van der Waals surface area contributed by atoms with Gasteiger partial charge < -0.3 is 10.3 Å². The van der Waals surface area contributed by atoms with E-state index in [1.54, 1.807) is 31.5 Å². The van der Waals surface area contributed by atoms with Crippen molar-refractivity contribution in [2.45, 2.75) is 13.8 Å². The normalized spacial score (nSPS) is 11.2. The van der Waals surface area contributed by atoms with E-state index in [1.807, 2.05) is 0 Å². The number of primary amides is 1. The first-order valence-electron chi connectivity index (χ1n) is 7.16. The summed E-state index contributed by atoms with van der Waals surface area (Å²) in [6, 6.07) is 7.14. The van der Waals surface area contributed by atoms with Gasteiger partial charge in [-0.25, -0.2) is 8.78 Å². The molecule has 0 aliphatic carbocycles. The van der Waals surface area contributed by atoms with Crippen LogP contribution in [0.4, 0.5) is 8.78 Å². The van der Waals surface area contributed by atoms with E-state index in [2.05, 4.69) is 0 Å². The zero-order chi connectivity index (χ0) is 16.9. The van der Waals surface area contributed by atoms with E-state index in [9.17, 15) is 13.6 Å². The highest BCUT2D eigenvalue weighted by molar-refractivity contribution is 6.05. The van der Waals surface area contributed by atoms with Crippen molar-refractivity contribution >= 4 is 16.8 Å². The molecule has 0 saturated heterocycles. The first-order valence-corrected chi connectivity index (χ1v) is 7.16. The quantitative estimate of drug-likeness (QED) is 0.767. The van der Waals surface area contributed by atoms with Gasteiger partial charge in [0.25, 0.3) is 5.91 Å². The number of rotatable bonds is 2. The van der Waals surface area contributed by atoms with Crippen LogP contribution in [-0.4, -0.2) is 10.5 Å². The van der Waals surface area contributed by atoms with Crippen LogP contribution in [-0.2, 0) is 7.05 Å². The van der Waals surface area contributed by atoms with Gasteiger partial charge in [0.1, 0.15) is 17.3 Å². The molecule has 0 saturated carbocycles. The van der Waals surface area contributed by atoms with Crippen LogP contribution in [0.2, 0.25) is 0 Å². The fraction of sp³-hybridized carbons (Fsp3) is 0.167. The second-order valence-electron chi connectivity index (χ2n) is 5.71. The van der Waals surface area contributed by atoms with Gasteiger partial charge in [-0.15, -0.1) is 0 Å². The summed E-state index contributed by atoms with van der Waals surface area (Å²) in [4.78, 5) is 11.7. The minimum absolute atomic E-state index is 0.339. The molecular formula is C18H16F2N2O. The van der Waals surface area contributed by atoms with Gasteiger partial charge in [-0.3, -0.25) is 4.79 Å². The van der Waals surface area contributed by atoms with Crippen molar-refractivity contribution in [2.24, 2.45) is 12.8 Å². The van der Waals surface area contributed by atoms with Crippen LogP contribution in [0, 0.1) is 25.5 Å². The Kier molecular flexibility index (Phi) is 3.43. The topological polar surface area (TPSA) is 48.0 Å². The van der Waals surface area contributed by atoms with E-state index >= 15 is 0 Å². The highest BCUT2D eigenvalue weighted by atomic mass is 19.1. The minimum atomic E-state index is -0.566. The number of nitrogens with two attached hydrogens (primary N) is 1. The molecule has 1 heterocycles. The van der Waals surface area contributed by atoms with E-state index in [0.717, 1.165) is 0 Å². The Hall–Kier alpha value is -2.69. The largest absolute Gasteiger partial charge is 0.364 e. The van der Waals surface area contributed by atoms with Gasteiger partial charge in [0.15, 0.2) is 0 Å². The summed E-state index contributed by atoms with van der Waals surface area (Å²) in [6.45, 7) is 3.50. The molecule has 0 spiro atoms. The second-order valence-corrected chi connectivity index (χ2v) is 5.71. The van der Waals surface area contributed by atoms with Crippen molar-refractivity contribution in [1.29, 1.82) is 0 Å². The van der Waals surface area contributed by atoms with Crippen molar-refractivity contribution < 1.29 is 13.6 Å². The van der Waals surface area contributed by atoms with E-state index in [0.29, 0.717) is 38.9 Å². The predicted octanol–water partition coefficient (Wildman–Crippen LogP) is 3.84. The maximum Gasteiger partial charge on any atom is 0.265 e. The van der Waals surface area contributed by atoms with Gasteiger partial charge in [-0.1, -0.05) is 6.07 Å². The Morgan fingerprint density at radius 3 is 2.35 bits per heavy atom. The Morgan fingerprint density at radius 1 is 1.04 bits per heavy atom. The van der Waals surface area contributed by atoms with Gasteiger partial charge in [0.2, 0.25) is 0 Å². The first kappa shape index (κ1) is 15.2. The fourth-order valence-corrected chi connectivity index (χ4v) is 3.22. The number of hydrogen-bond donors (Lipinski definition) is 1. The lowest BCUT2D eigenvalue weighted by atomic mass is 9.97. The van der Waals surface area contributed by atoms with Gasteiger partial charge in [-0.05, 0) is 54.8 Å². The molecule has 1 aromatic heterocycles. The highest BCUT2D eigenvalue weighted by Gasteiger charge is 2.20. The lowest BCUT2D eigenvalue weighted by molar-refractivity contribution is 0.0992. The number of amides is 1. The zero-order valence-corrected chi connectivity index (χ0v) is 13.1. The van der Waals surface area contributed by atoms with Gasteiger partial charge in [-0.2, -0.15) is 0 Å². The summed E-state index contributed by atoms with van der Waals surface area (Å²) < 4.78 is 29.2. The Bertz CT molecular complexity index is 958. The van der Waals surface area contributed by atoms with E-state index in [-0.39, 0.29) is 5.82 Å². The average Bonchev–Trinajstić information content (AvgIpc) is 2.70. The van der Waals surface area contributed by atoms with E-state index in [1.165, 1.54) is 24.3 Å². The maximum absolute atomic E-state index is 14.1. The molecule has 2 N–H and O–H groups in total. The van der Waals surface area contributed by atoms with E-state index < -0.39 is 11.7 Å². The third kappa shape index (κ3) is 2.29. The number of halogens is 2. The average molecular weight is 314 g/mol. The molecule has 23 heavy (non-hydrogen) atoms. The smallest absolute Gasteiger partial charge is 0.265 e. The molecule has 0 fully saturated rings. The molecule has 0 atom stereocenters. The molecule has 0 aliphatic heterocycles. The Labute approximate surface area is 132 Å². The van der Waals surface area contributed by atoms with Crippen molar-refractivity contribution in [3.8, 4) is 11.1 Å². The van der Waals surface area contributed by atoms with Crippen LogP contribution in [0.1, 0.15) is 21.6 Å². The molecule has 0 radical (unpaired) electrons. The van der Waals surface area contributed by atoms with Crippen LogP contribution < -0.4 is 5.73 Å². The summed E-state index contributed by atoms with van der Waals surface area (Å²) in [5, 5.41) is 0.625. The zero-order valence-electron chi connectivity index (χ0n) is 13.1. The van der Waals surface area contributed by atoms with Crippen LogP contribution >= 0.6 is 0 Å². The maximum atomic E-state index is 14.1. The summed E-state index contributed by atoms with van der Waals surface area (Å²) in [6.07, 6.45) is 0. The molecule has 118 valence electrons. The Balaban J connectivity index is 2.46. The molecule has 1 amide bonds.